The number of benzene rings is 1. The van der Waals surface area contributed by atoms with Crippen LogP contribution in [0.2, 0.25) is 0 Å². The number of hydrogen-bond donors (Lipinski definition) is 1. The molecule has 5 heteroatoms. The number of fused-ring (bicyclic) bond motifs is 1. The molecule has 2 fully saturated rings. The van der Waals surface area contributed by atoms with E-state index in [9.17, 15) is 0 Å². The Morgan fingerprint density at radius 1 is 1.15 bits per heavy atom. The van der Waals surface area contributed by atoms with E-state index in [1.54, 1.807) is 0 Å². The van der Waals surface area contributed by atoms with Gasteiger partial charge in [-0.1, -0.05) is 18.2 Å². The van der Waals surface area contributed by atoms with E-state index in [4.69, 9.17) is 9.15 Å². The Morgan fingerprint density at radius 3 is 2.88 bits per heavy atom. The van der Waals surface area contributed by atoms with Crippen molar-refractivity contribution >= 4 is 11.0 Å². The van der Waals surface area contributed by atoms with E-state index >= 15 is 0 Å². The van der Waals surface area contributed by atoms with Gasteiger partial charge in [0.05, 0.1) is 12.3 Å². The summed E-state index contributed by atoms with van der Waals surface area (Å²) < 4.78 is 11.9. The number of H-pyrrole nitrogens is 1. The summed E-state index contributed by atoms with van der Waals surface area (Å²) in [5, 5.41) is 8.58. The van der Waals surface area contributed by atoms with Crippen LogP contribution in [0.3, 0.4) is 0 Å². The Kier molecular flexibility index (Phi) is 4.27. The number of nitrogens with one attached hydrogen (secondary N) is 1. The topological polar surface area (TPSA) is 54.3 Å². The predicted molar refractivity (Wildman–Crippen MR) is 101 cm³/mol. The van der Waals surface area contributed by atoms with Crippen molar-refractivity contribution in [2.45, 2.75) is 38.3 Å². The minimum absolute atomic E-state index is 0.385. The fourth-order valence-electron chi connectivity index (χ4n) is 3.94. The van der Waals surface area contributed by atoms with Crippen LogP contribution in [-0.2, 0) is 11.3 Å². The molecule has 26 heavy (non-hydrogen) atoms. The highest BCUT2D eigenvalue weighted by Gasteiger charge is 2.28. The second-order valence-corrected chi connectivity index (χ2v) is 7.69. The summed E-state index contributed by atoms with van der Waals surface area (Å²) in [5.74, 6) is 1.72. The van der Waals surface area contributed by atoms with Crippen molar-refractivity contribution in [3.8, 4) is 11.5 Å². The lowest BCUT2D eigenvalue weighted by Crippen LogP contribution is -2.33. The van der Waals surface area contributed by atoms with Gasteiger partial charge in [0.25, 0.3) is 0 Å². The van der Waals surface area contributed by atoms with Crippen molar-refractivity contribution in [3.05, 3.63) is 42.1 Å². The van der Waals surface area contributed by atoms with Crippen LogP contribution in [0.25, 0.3) is 22.4 Å². The second-order valence-electron chi connectivity index (χ2n) is 7.69. The van der Waals surface area contributed by atoms with Crippen LogP contribution in [0.15, 0.2) is 40.9 Å². The second kappa shape index (κ2) is 6.89. The van der Waals surface area contributed by atoms with Gasteiger partial charge in [-0.3, -0.25) is 10.00 Å². The third-order valence-corrected chi connectivity index (χ3v) is 5.48. The van der Waals surface area contributed by atoms with Crippen LogP contribution in [-0.4, -0.2) is 40.9 Å². The molecule has 5 nitrogen and oxygen atoms in total. The number of rotatable bonds is 7. The number of nitrogens with zero attached hydrogens (tertiary/aromatic N) is 2. The monoisotopic (exact) mass is 351 g/mol. The standard InChI is InChI=1S/C21H25N3O2/c1-2-6-19-16(4-1)10-20(26-19)21-17(11-22-23-21)13-24(12-15-7-8-15)14-18-5-3-9-25-18/h1-2,4,6,10-11,15,18H,3,5,7-9,12-14H2,(H,22,23)/t18-/m0/s1. The molecule has 136 valence electrons. The van der Waals surface area contributed by atoms with Gasteiger partial charge in [-0.2, -0.15) is 5.10 Å². The maximum Gasteiger partial charge on any atom is 0.153 e. The minimum Gasteiger partial charge on any atom is -0.454 e. The highest BCUT2D eigenvalue weighted by atomic mass is 16.5. The first kappa shape index (κ1) is 16.1. The number of hydrogen-bond acceptors (Lipinski definition) is 4. The fraction of sp³-hybridized carbons (Fsp3) is 0.476. The first-order valence-corrected chi connectivity index (χ1v) is 9.70. The zero-order valence-electron chi connectivity index (χ0n) is 15.0. The molecule has 1 aromatic carbocycles. The van der Waals surface area contributed by atoms with Crippen molar-refractivity contribution in [1.82, 2.24) is 15.1 Å². The molecule has 1 saturated heterocycles. The highest BCUT2D eigenvalue weighted by Crippen LogP contribution is 2.32. The van der Waals surface area contributed by atoms with Gasteiger partial charge < -0.3 is 9.15 Å². The lowest BCUT2D eigenvalue weighted by Gasteiger charge is -2.25. The van der Waals surface area contributed by atoms with Gasteiger partial charge in [-0.15, -0.1) is 0 Å². The molecular weight excluding hydrogens is 326 g/mol. The molecule has 1 N–H and O–H groups in total. The van der Waals surface area contributed by atoms with Crippen molar-refractivity contribution in [3.63, 3.8) is 0 Å². The summed E-state index contributed by atoms with van der Waals surface area (Å²) in [5.41, 5.74) is 3.11. The van der Waals surface area contributed by atoms with Crippen LogP contribution in [0.4, 0.5) is 0 Å². The van der Waals surface area contributed by atoms with Crippen molar-refractivity contribution < 1.29 is 9.15 Å². The average molecular weight is 351 g/mol. The van der Waals surface area contributed by atoms with Crippen molar-refractivity contribution in [2.75, 3.05) is 19.7 Å². The number of ether oxygens (including phenoxy) is 1. The Labute approximate surface area is 153 Å². The van der Waals surface area contributed by atoms with Crippen LogP contribution < -0.4 is 0 Å². The Bertz CT molecular complexity index is 841. The molecule has 1 atom stereocenters. The van der Waals surface area contributed by atoms with Crippen molar-refractivity contribution in [1.29, 1.82) is 0 Å². The molecular formula is C21H25N3O2. The summed E-state index contributed by atoms with van der Waals surface area (Å²) in [6.07, 6.45) is 7.43. The van der Waals surface area contributed by atoms with E-state index < -0.39 is 0 Å². The zero-order chi connectivity index (χ0) is 17.3. The number of furan rings is 1. The van der Waals surface area contributed by atoms with E-state index in [1.165, 1.54) is 31.2 Å². The van der Waals surface area contributed by atoms with Gasteiger partial charge in [0, 0.05) is 37.2 Å². The van der Waals surface area contributed by atoms with E-state index in [1.807, 2.05) is 24.4 Å². The molecule has 0 amide bonds. The molecule has 1 saturated carbocycles. The summed E-state index contributed by atoms with van der Waals surface area (Å²) in [4.78, 5) is 2.55. The Balaban J connectivity index is 1.37. The van der Waals surface area contributed by atoms with E-state index in [0.29, 0.717) is 6.10 Å². The lowest BCUT2D eigenvalue weighted by atomic mass is 10.1. The van der Waals surface area contributed by atoms with Crippen molar-refractivity contribution in [2.24, 2.45) is 5.92 Å². The van der Waals surface area contributed by atoms with Crippen LogP contribution in [0.1, 0.15) is 31.2 Å². The largest absolute Gasteiger partial charge is 0.454 e. The van der Waals surface area contributed by atoms with Gasteiger partial charge in [-0.05, 0) is 43.7 Å². The van der Waals surface area contributed by atoms with Gasteiger partial charge >= 0.3 is 0 Å². The predicted octanol–water partition coefficient (Wildman–Crippen LogP) is 4.21. The molecule has 5 rings (SSSR count). The van der Waals surface area contributed by atoms with Gasteiger partial charge in [-0.25, -0.2) is 0 Å². The molecule has 2 aliphatic rings. The highest BCUT2D eigenvalue weighted by molar-refractivity contribution is 5.82. The van der Waals surface area contributed by atoms with E-state index in [2.05, 4.69) is 27.2 Å². The van der Waals surface area contributed by atoms with E-state index in [-0.39, 0.29) is 0 Å². The number of para-hydroxylation sites is 1. The fourth-order valence-corrected chi connectivity index (χ4v) is 3.94. The molecule has 2 aromatic heterocycles. The van der Waals surface area contributed by atoms with Gasteiger partial charge in [0.1, 0.15) is 11.3 Å². The molecule has 0 spiro atoms. The molecule has 0 bridgehead atoms. The molecule has 1 aliphatic carbocycles. The SMILES string of the molecule is c1ccc2oc(-c3[nH]ncc3CN(CC3CC3)C[C@@H]3CCCO3)cc2c1. The normalized spacial score (nSPS) is 20.4. The van der Waals surface area contributed by atoms with Crippen LogP contribution in [0.5, 0.6) is 0 Å². The van der Waals surface area contributed by atoms with Gasteiger partial charge in [0.15, 0.2) is 5.76 Å². The summed E-state index contributed by atoms with van der Waals surface area (Å²) in [7, 11) is 0. The maximum absolute atomic E-state index is 6.05. The third-order valence-electron chi connectivity index (χ3n) is 5.48. The number of aromatic nitrogens is 2. The molecule has 0 radical (unpaired) electrons. The van der Waals surface area contributed by atoms with Gasteiger partial charge in [0.2, 0.25) is 0 Å². The number of aromatic amines is 1. The smallest absolute Gasteiger partial charge is 0.153 e. The Hall–Kier alpha value is -2.11. The quantitative estimate of drug-likeness (QED) is 0.693. The van der Waals surface area contributed by atoms with E-state index in [0.717, 1.165) is 54.6 Å². The summed E-state index contributed by atoms with van der Waals surface area (Å²) >= 11 is 0. The summed E-state index contributed by atoms with van der Waals surface area (Å²) in [6.45, 7) is 3.98. The lowest BCUT2D eigenvalue weighted by molar-refractivity contribution is 0.0689. The Morgan fingerprint density at radius 2 is 2.08 bits per heavy atom. The first-order chi connectivity index (χ1) is 12.8. The molecule has 1 aliphatic heterocycles. The summed E-state index contributed by atoms with van der Waals surface area (Å²) in [6, 6.07) is 10.2. The molecule has 3 heterocycles. The molecule has 0 unspecified atom stereocenters. The van der Waals surface area contributed by atoms with Crippen LogP contribution in [0, 0.1) is 5.92 Å². The van der Waals surface area contributed by atoms with Crippen LogP contribution >= 0.6 is 0 Å². The third kappa shape index (κ3) is 3.41. The average Bonchev–Trinajstić information content (AvgIpc) is 3.07. The minimum atomic E-state index is 0.385. The maximum atomic E-state index is 6.05. The first-order valence-electron chi connectivity index (χ1n) is 9.70. The zero-order valence-corrected chi connectivity index (χ0v) is 15.0. The molecule has 3 aromatic rings.